The van der Waals surface area contributed by atoms with Gasteiger partial charge in [-0.3, -0.25) is 9.69 Å². The number of nitrogens with one attached hydrogen (secondary N) is 2. The second-order valence-electron chi connectivity index (χ2n) is 5.35. The Kier molecular flexibility index (Phi) is 8.04. The number of benzene rings is 1. The smallest absolute Gasteiger partial charge is 0.234 e. The molecule has 1 heterocycles. The van der Waals surface area contributed by atoms with Crippen molar-refractivity contribution < 1.29 is 4.79 Å². The molecule has 1 aliphatic rings. The van der Waals surface area contributed by atoms with Crippen LogP contribution in [0.5, 0.6) is 0 Å². The van der Waals surface area contributed by atoms with E-state index in [-0.39, 0.29) is 18.3 Å². The van der Waals surface area contributed by atoms with Crippen molar-refractivity contribution in [3.8, 4) is 0 Å². The fourth-order valence-electron chi connectivity index (χ4n) is 2.57. The van der Waals surface area contributed by atoms with E-state index in [9.17, 15) is 4.79 Å². The first-order chi connectivity index (χ1) is 9.67. The van der Waals surface area contributed by atoms with Gasteiger partial charge >= 0.3 is 0 Å². The molecule has 6 heteroatoms. The molecule has 1 fully saturated rings. The minimum atomic E-state index is 0. The van der Waals surface area contributed by atoms with Crippen LogP contribution in [0, 0.1) is 5.92 Å². The molecule has 4 nitrogen and oxygen atoms in total. The third kappa shape index (κ3) is 6.22. The second-order valence-corrected chi connectivity index (χ2v) is 5.79. The molecule has 1 saturated heterocycles. The molecule has 0 spiro atoms. The summed E-state index contributed by atoms with van der Waals surface area (Å²) in [5.41, 5.74) is 1.07. The molecule has 1 aliphatic heterocycles. The zero-order valence-corrected chi connectivity index (χ0v) is 13.8. The van der Waals surface area contributed by atoms with Gasteiger partial charge < -0.3 is 10.6 Å². The first-order valence-corrected chi connectivity index (χ1v) is 7.43. The van der Waals surface area contributed by atoms with Gasteiger partial charge in [0.05, 0.1) is 6.54 Å². The molecule has 0 saturated carbocycles. The summed E-state index contributed by atoms with van der Waals surface area (Å²) >= 11 is 5.83. The van der Waals surface area contributed by atoms with Crippen molar-refractivity contribution in [2.24, 2.45) is 5.92 Å². The molecule has 0 aliphatic carbocycles. The molecule has 21 heavy (non-hydrogen) atoms. The van der Waals surface area contributed by atoms with Gasteiger partial charge in [0.1, 0.15) is 0 Å². The molecule has 1 atom stereocenters. The Hall–Kier alpha value is -0.810. The number of amides is 1. The Bertz CT molecular complexity index is 439. The number of hydrogen-bond acceptors (Lipinski definition) is 3. The van der Waals surface area contributed by atoms with Crippen LogP contribution >= 0.6 is 24.0 Å². The lowest BCUT2D eigenvalue weighted by atomic mass is 10.1. The van der Waals surface area contributed by atoms with Crippen molar-refractivity contribution in [3.63, 3.8) is 0 Å². The van der Waals surface area contributed by atoms with Gasteiger partial charge in [-0.05, 0) is 50.2 Å². The number of hydrogen-bond donors (Lipinski definition) is 2. The van der Waals surface area contributed by atoms with Crippen LogP contribution in [0.4, 0.5) is 0 Å². The maximum atomic E-state index is 11.9. The van der Waals surface area contributed by atoms with E-state index in [4.69, 9.17) is 11.6 Å². The molecule has 1 aromatic carbocycles. The van der Waals surface area contributed by atoms with Gasteiger partial charge in [0.15, 0.2) is 0 Å². The van der Waals surface area contributed by atoms with Crippen molar-refractivity contribution in [2.45, 2.75) is 13.0 Å². The van der Waals surface area contributed by atoms with Crippen LogP contribution in [0.2, 0.25) is 5.02 Å². The summed E-state index contributed by atoms with van der Waals surface area (Å²) in [5, 5.41) is 6.87. The average molecular weight is 332 g/mol. The standard InChI is InChI=1S/C15H22ClN3O.ClH/c1-17-8-13-6-7-19(10-13)11-15(20)18-9-12-2-4-14(16)5-3-12;/h2-5,13,17H,6-11H2,1H3,(H,18,20);1H. The van der Waals surface area contributed by atoms with E-state index in [2.05, 4.69) is 15.5 Å². The van der Waals surface area contributed by atoms with E-state index in [0.717, 1.165) is 25.2 Å². The van der Waals surface area contributed by atoms with Crippen molar-refractivity contribution in [3.05, 3.63) is 34.9 Å². The molecule has 0 bridgehead atoms. The number of nitrogens with zero attached hydrogens (tertiary/aromatic N) is 1. The normalized spacial score (nSPS) is 18.3. The van der Waals surface area contributed by atoms with Gasteiger partial charge in [0.25, 0.3) is 0 Å². The average Bonchev–Trinajstić information content (AvgIpc) is 2.86. The Morgan fingerprint density at radius 1 is 1.38 bits per heavy atom. The number of rotatable bonds is 6. The van der Waals surface area contributed by atoms with Crippen LogP contribution in [-0.4, -0.2) is 44.0 Å². The number of carbonyl (C=O) groups excluding carboxylic acids is 1. The van der Waals surface area contributed by atoms with E-state index in [0.29, 0.717) is 24.0 Å². The Morgan fingerprint density at radius 3 is 2.76 bits per heavy atom. The SMILES string of the molecule is CNCC1CCN(CC(=O)NCc2ccc(Cl)cc2)C1.Cl. The van der Waals surface area contributed by atoms with Gasteiger partial charge in [0.2, 0.25) is 5.91 Å². The largest absolute Gasteiger partial charge is 0.351 e. The zero-order chi connectivity index (χ0) is 14.4. The van der Waals surface area contributed by atoms with Crippen molar-refractivity contribution in [2.75, 3.05) is 33.2 Å². The summed E-state index contributed by atoms with van der Waals surface area (Å²) in [5.74, 6) is 0.758. The van der Waals surface area contributed by atoms with Gasteiger partial charge in [0, 0.05) is 18.1 Å². The predicted octanol–water partition coefficient (Wildman–Crippen LogP) is 1.92. The van der Waals surface area contributed by atoms with Crippen LogP contribution in [0.25, 0.3) is 0 Å². The maximum absolute atomic E-state index is 11.9. The van der Waals surface area contributed by atoms with Gasteiger partial charge in [-0.15, -0.1) is 12.4 Å². The topological polar surface area (TPSA) is 44.4 Å². The zero-order valence-electron chi connectivity index (χ0n) is 12.3. The predicted molar refractivity (Wildman–Crippen MR) is 89.0 cm³/mol. The Labute approximate surface area is 137 Å². The van der Waals surface area contributed by atoms with Crippen LogP contribution in [0.15, 0.2) is 24.3 Å². The van der Waals surface area contributed by atoms with Crippen LogP contribution in [-0.2, 0) is 11.3 Å². The summed E-state index contributed by atoms with van der Waals surface area (Å²) in [7, 11) is 1.97. The van der Waals surface area contributed by atoms with Gasteiger partial charge in [-0.1, -0.05) is 23.7 Å². The van der Waals surface area contributed by atoms with E-state index in [1.165, 1.54) is 6.42 Å². The summed E-state index contributed by atoms with van der Waals surface area (Å²) in [6.07, 6.45) is 1.17. The molecule has 2 N–H and O–H groups in total. The highest BCUT2D eigenvalue weighted by atomic mass is 35.5. The molecule has 1 amide bonds. The minimum Gasteiger partial charge on any atom is -0.351 e. The van der Waals surface area contributed by atoms with Crippen LogP contribution in [0.1, 0.15) is 12.0 Å². The third-order valence-electron chi connectivity index (χ3n) is 3.63. The number of likely N-dealkylation sites (tertiary alicyclic amines) is 1. The molecule has 118 valence electrons. The summed E-state index contributed by atoms with van der Waals surface area (Å²) in [6, 6.07) is 7.54. The molecule has 1 aromatic rings. The highest BCUT2D eigenvalue weighted by molar-refractivity contribution is 6.30. The van der Waals surface area contributed by atoms with Crippen molar-refractivity contribution in [1.29, 1.82) is 0 Å². The molecule has 2 rings (SSSR count). The minimum absolute atomic E-state index is 0. The highest BCUT2D eigenvalue weighted by Crippen LogP contribution is 2.14. The fraction of sp³-hybridized carbons (Fsp3) is 0.533. The number of halogens is 2. The lowest BCUT2D eigenvalue weighted by Crippen LogP contribution is -2.36. The van der Waals surface area contributed by atoms with E-state index >= 15 is 0 Å². The fourth-order valence-corrected chi connectivity index (χ4v) is 2.70. The van der Waals surface area contributed by atoms with Crippen LogP contribution in [0.3, 0.4) is 0 Å². The molecule has 1 unspecified atom stereocenters. The summed E-state index contributed by atoms with van der Waals surface area (Å²) in [4.78, 5) is 14.1. The Morgan fingerprint density at radius 2 is 2.10 bits per heavy atom. The van der Waals surface area contributed by atoms with Gasteiger partial charge in [-0.2, -0.15) is 0 Å². The lowest BCUT2D eigenvalue weighted by molar-refractivity contribution is -0.122. The second kappa shape index (κ2) is 9.26. The molecular formula is C15H23Cl2N3O. The monoisotopic (exact) mass is 331 g/mol. The lowest BCUT2D eigenvalue weighted by Gasteiger charge is -2.15. The summed E-state index contributed by atoms with van der Waals surface area (Å²) in [6.45, 7) is 4.11. The Balaban J connectivity index is 0.00000220. The quantitative estimate of drug-likeness (QED) is 0.837. The first kappa shape index (κ1) is 18.2. The maximum Gasteiger partial charge on any atom is 0.234 e. The molecule has 0 aromatic heterocycles. The first-order valence-electron chi connectivity index (χ1n) is 7.05. The van der Waals surface area contributed by atoms with Crippen molar-refractivity contribution >= 4 is 29.9 Å². The third-order valence-corrected chi connectivity index (χ3v) is 3.88. The van der Waals surface area contributed by atoms with E-state index in [1.54, 1.807) is 0 Å². The van der Waals surface area contributed by atoms with Crippen molar-refractivity contribution in [1.82, 2.24) is 15.5 Å². The summed E-state index contributed by atoms with van der Waals surface area (Å²) < 4.78 is 0. The van der Waals surface area contributed by atoms with Gasteiger partial charge in [-0.25, -0.2) is 0 Å². The number of carbonyl (C=O) groups is 1. The molecular weight excluding hydrogens is 309 g/mol. The van der Waals surface area contributed by atoms with Crippen LogP contribution < -0.4 is 10.6 Å². The van der Waals surface area contributed by atoms with E-state index < -0.39 is 0 Å². The molecule has 0 radical (unpaired) electrons. The van der Waals surface area contributed by atoms with E-state index in [1.807, 2.05) is 31.3 Å². The highest BCUT2D eigenvalue weighted by Gasteiger charge is 2.23.